The fourth-order valence-electron chi connectivity index (χ4n) is 2.96. The number of anilines is 1. The van der Waals surface area contributed by atoms with Crippen molar-refractivity contribution in [3.8, 4) is 11.5 Å². The summed E-state index contributed by atoms with van der Waals surface area (Å²) in [6, 6.07) is 13.4. The summed E-state index contributed by atoms with van der Waals surface area (Å²) in [5, 5.41) is 0.590. The van der Waals surface area contributed by atoms with E-state index >= 15 is 0 Å². The largest absolute Gasteiger partial charge is 0.494 e. The standard InChI is InChI=1S/C21H24ClNO3/c1-15-6-9-17(10-7-15)25-13-5-4-12-23-18-14-16(22)8-11-19(18)26-21(2,3)20(23)24/h6-11,14H,4-5,12-13H2,1-3H3. The number of hydrogen-bond acceptors (Lipinski definition) is 3. The predicted octanol–water partition coefficient (Wildman–Crippen LogP) is 5.01. The Hall–Kier alpha value is -2.20. The number of nitrogens with zero attached hydrogens (tertiary/aromatic N) is 1. The second-order valence-corrected chi connectivity index (χ2v) is 7.49. The van der Waals surface area contributed by atoms with Gasteiger partial charge in [-0.05, 0) is 63.9 Å². The molecule has 0 aromatic heterocycles. The fraction of sp³-hybridized carbons (Fsp3) is 0.381. The van der Waals surface area contributed by atoms with Crippen LogP contribution in [0.1, 0.15) is 32.3 Å². The molecule has 4 nitrogen and oxygen atoms in total. The zero-order valence-electron chi connectivity index (χ0n) is 15.4. The van der Waals surface area contributed by atoms with E-state index < -0.39 is 5.60 Å². The first-order valence-corrected chi connectivity index (χ1v) is 9.24. The molecule has 0 fully saturated rings. The van der Waals surface area contributed by atoms with Gasteiger partial charge in [-0.3, -0.25) is 4.79 Å². The molecular weight excluding hydrogens is 350 g/mol. The van der Waals surface area contributed by atoms with Crippen LogP contribution in [-0.4, -0.2) is 24.7 Å². The molecule has 1 amide bonds. The van der Waals surface area contributed by atoms with Crippen LogP contribution in [0.4, 0.5) is 5.69 Å². The molecule has 5 heteroatoms. The minimum atomic E-state index is -0.876. The minimum absolute atomic E-state index is 0.0493. The van der Waals surface area contributed by atoms with E-state index in [1.807, 2.05) is 30.3 Å². The topological polar surface area (TPSA) is 38.8 Å². The summed E-state index contributed by atoms with van der Waals surface area (Å²) in [6.45, 7) is 6.86. The Kier molecular flexibility index (Phi) is 5.42. The Morgan fingerprint density at radius 3 is 2.58 bits per heavy atom. The Bertz CT molecular complexity index is 786. The van der Waals surface area contributed by atoms with Crippen molar-refractivity contribution in [2.75, 3.05) is 18.1 Å². The molecule has 1 heterocycles. The maximum absolute atomic E-state index is 12.8. The van der Waals surface area contributed by atoms with Crippen LogP contribution in [0.2, 0.25) is 5.02 Å². The van der Waals surface area contributed by atoms with Gasteiger partial charge in [0.25, 0.3) is 5.91 Å². The third-order valence-corrected chi connectivity index (χ3v) is 4.64. The number of carbonyl (C=O) groups excluding carboxylic acids is 1. The fourth-order valence-corrected chi connectivity index (χ4v) is 3.13. The zero-order chi connectivity index (χ0) is 18.7. The maximum Gasteiger partial charge on any atom is 0.270 e. The summed E-state index contributed by atoms with van der Waals surface area (Å²) >= 11 is 6.11. The first-order chi connectivity index (χ1) is 12.4. The van der Waals surface area contributed by atoms with Gasteiger partial charge in [-0.25, -0.2) is 0 Å². The van der Waals surface area contributed by atoms with E-state index in [2.05, 4.69) is 6.92 Å². The van der Waals surface area contributed by atoms with Crippen molar-refractivity contribution >= 4 is 23.2 Å². The first-order valence-electron chi connectivity index (χ1n) is 8.87. The summed E-state index contributed by atoms with van der Waals surface area (Å²) in [4.78, 5) is 14.5. The Morgan fingerprint density at radius 2 is 1.85 bits per heavy atom. The second-order valence-electron chi connectivity index (χ2n) is 7.05. The minimum Gasteiger partial charge on any atom is -0.494 e. The van der Waals surface area contributed by atoms with Crippen LogP contribution in [0.3, 0.4) is 0 Å². The van der Waals surface area contributed by atoms with E-state index in [0.717, 1.165) is 24.3 Å². The zero-order valence-corrected chi connectivity index (χ0v) is 16.2. The Labute approximate surface area is 159 Å². The summed E-state index contributed by atoms with van der Waals surface area (Å²) in [7, 11) is 0. The lowest BCUT2D eigenvalue weighted by Gasteiger charge is -2.38. The second kappa shape index (κ2) is 7.58. The monoisotopic (exact) mass is 373 g/mol. The van der Waals surface area contributed by atoms with E-state index in [1.165, 1.54) is 5.56 Å². The molecule has 0 aliphatic carbocycles. The lowest BCUT2D eigenvalue weighted by atomic mass is 10.0. The van der Waals surface area contributed by atoms with Gasteiger partial charge in [0.1, 0.15) is 11.5 Å². The molecule has 0 N–H and O–H groups in total. The molecule has 2 aromatic rings. The molecule has 1 aliphatic rings. The van der Waals surface area contributed by atoms with E-state index in [4.69, 9.17) is 21.1 Å². The molecule has 0 saturated heterocycles. The van der Waals surface area contributed by atoms with E-state index in [0.29, 0.717) is 23.9 Å². The Morgan fingerprint density at radius 1 is 1.12 bits per heavy atom. The van der Waals surface area contributed by atoms with Gasteiger partial charge in [0.2, 0.25) is 0 Å². The highest BCUT2D eigenvalue weighted by atomic mass is 35.5. The highest BCUT2D eigenvalue weighted by Gasteiger charge is 2.40. The number of carbonyl (C=O) groups is 1. The third kappa shape index (κ3) is 4.13. The van der Waals surface area contributed by atoms with Crippen LogP contribution in [0.5, 0.6) is 11.5 Å². The highest BCUT2D eigenvalue weighted by molar-refractivity contribution is 6.31. The van der Waals surface area contributed by atoms with Gasteiger partial charge in [-0.1, -0.05) is 29.3 Å². The smallest absolute Gasteiger partial charge is 0.270 e. The summed E-state index contributed by atoms with van der Waals surface area (Å²) in [5.41, 5.74) is 1.07. The van der Waals surface area contributed by atoms with Crippen LogP contribution < -0.4 is 14.4 Å². The lowest BCUT2D eigenvalue weighted by molar-refractivity contribution is -0.132. The van der Waals surface area contributed by atoms with E-state index in [9.17, 15) is 4.79 Å². The normalized spacial score (nSPS) is 15.4. The van der Waals surface area contributed by atoms with Crippen LogP contribution in [-0.2, 0) is 4.79 Å². The SMILES string of the molecule is Cc1ccc(OCCCCN2C(=O)C(C)(C)Oc3ccc(Cl)cc32)cc1. The molecule has 0 unspecified atom stereocenters. The average molecular weight is 374 g/mol. The molecular formula is C21H24ClNO3. The number of ether oxygens (including phenoxy) is 2. The predicted molar refractivity (Wildman–Crippen MR) is 104 cm³/mol. The highest BCUT2D eigenvalue weighted by Crippen LogP contribution is 2.39. The van der Waals surface area contributed by atoms with Crippen molar-refractivity contribution in [2.24, 2.45) is 0 Å². The third-order valence-electron chi connectivity index (χ3n) is 4.40. The van der Waals surface area contributed by atoms with E-state index in [1.54, 1.807) is 30.9 Å². The molecule has 26 heavy (non-hydrogen) atoms. The first kappa shape index (κ1) is 18.6. The average Bonchev–Trinajstić information content (AvgIpc) is 2.60. The van der Waals surface area contributed by atoms with Crippen molar-refractivity contribution in [1.82, 2.24) is 0 Å². The van der Waals surface area contributed by atoms with Crippen LogP contribution in [0, 0.1) is 6.92 Å². The molecule has 0 saturated carbocycles. The van der Waals surface area contributed by atoms with Crippen molar-refractivity contribution in [1.29, 1.82) is 0 Å². The Balaban J connectivity index is 1.59. The number of rotatable bonds is 6. The van der Waals surface area contributed by atoms with Gasteiger partial charge >= 0.3 is 0 Å². The molecule has 0 bridgehead atoms. The number of unbranched alkanes of at least 4 members (excludes halogenated alkanes) is 1. The molecule has 3 rings (SSSR count). The lowest BCUT2D eigenvalue weighted by Crippen LogP contribution is -2.52. The molecule has 138 valence electrons. The van der Waals surface area contributed by atoms with E-state index in [-0.39, 0.29) is 5.91 Å². The van der Waals surface area contributed by atoms with Gasteiger partial charge in [0.15, 0.2) is 5.60 Å². The number of fused-ring (bicyclic) bond motifs is 1. The number of halogens is 1. The van der Waals surface area contributed by atoms with Gasteiger partial charge in [-0.2, -0.15) is 0 Å². The van der Waals surface area contributed by atoms with Crippen molar-refractivity contribution in [3.05, 3.63) is 53.1 Å². The van der Waals surface area contributed by atoms with Crippen molar-refractivity contribution in [3.63, 3.8) is 0 Å². The maximum atomic E-state index is 12.8. The van der Waals surface area contributed by atoms with Crippen LogP contribution in [0.25, 0.3) is 0 Å². The summed E-state index contributed by atoms with van der Waals surface area (Å²) in [5.74, 6) is 1.51. The quantitative estimate of drug-likeness (QED) is 0.668. The molecule has 2 aromatic carbocycles. The van der Waals surface area contributed by atoms with Crippen LogP contribution >= 0.6 is 11.6 Å². The molecule has 0 atom stereocenters. The van der Waals surface area contributed by atoms with Gasteiger partial charge in [0, 0.05) is 11.6 Å². The summed E-state index contributed by atoms with van der Waals surface area (Å²) < 4.78 is 11.6. The summed E-state index contributed by atoms with van der Waals surface area (Å²) in [6.07, 6.45) is 1.69. The number of aryl methyl sites for hydroxylation is 1. The van der Waals surface area contributed by atoms with Crippen molar-refractivity contribution in [2.45, 2.75) is 39.2 Å². The van der Waals surface area contributed by atoms with Gasteiger partial charge in [-0.15, -0.1) is 0 Å². The number of hydrogen-bond donors (Lipinski definition) is 0. The van der Waals surface area contributed by atoms with Crippen molar-refractivity contribution < 1.29 is 14.3 Å². The molecule has 1 aliphatic heterocycles. The molecule has 0 spiro atoms. The van der Waals surface area contributed by atoms with Gasteiger partial charge in [0.05, 0.1) is 12.3 Å². The number of benzene rings is 2. The molecule has 0 radical (unpaired) electrons. The van der Waals surface area contributed by atoms with Crippen LogP contribution in [0.15, 0.2) is 42.5 Å². The van der Waals surface area contributed by atoms with Gasteiger partial charge < -0.3 is 14.4 Å². The number of amides is 1.